The number of ether oxygens (including phenoxy) is 1. The summed E-state index contributed by atoms with van der Waals surface area (Å²) in [5.74, 6) is -1.04. The van der Waals surface area contributed by atoms with Crippen LogP contribution >= 0.6 is 0 Å². The van der Waals surface area contributed by atoms with Crippen LogP contribution in [-0.2, 0) is 14.3 Å². The van der Waals surface area contributed by atoms with Crippen LogP contribution in [-0.4, -0.2) is 59.1 Å². The van der Waals surface area contributed by atoms with Crippen molar-refractivity contribution in [1.82, 2.24) is 10.2 Å². The number of ketones is 1. The molecule has 2 atom stereocenters. The van der Waals surface area contributed by atoms with Crippen molar-refractivity contribution in [3.05, 3.63) is 0 Å². The summed E-state index contributed by atoms with van der Waals surface area (Å²) in [4.78, 5) is 35.9. The Kier molecular flexibility index (Phi) is 5.10. The Hall–Kier alpha value is -1.63. The summed E-state index contributed by atoms with van der Waals surface area (Å²) in [7, 11) is 0. The van der Waals surface area contributed by atoms with Crippen molar-refractivity contribution >= 4 is 17.8 Å². The number of amides is 2. The standard InChI is InChI=1S/C13H22N2O5/c1-8(16)9-6-15(7-10(9)17)11(18)5-14-12(19)20-13(2,3)4/h9-10,17H,5-7H2,1-4H3,(H,14,19)/t9-,10-/m0/s1. The number of alkyl carbamates (subject to hydrolysis) is 1. The SMILES string of the molecule is CC(=O)[C@@H]1CN(C(=O)CNC(=O)OC(C)(C)C)C[C@@H]1O. The van der Waals surface area contributed by atoms with Gasteiger partial charge in [0, 0.05) is 13.1 Å². The van der Waals surface area contributed by atoms with Crippen LogP contribution in [0, 0.1) is 5.92 Å². The van der Waals surface area contributed by atoms with E-state index in [2.05, 4.69) is 5.32 Å². The second kappa shape index (κ2) is 6.21. The lowest BCUT2D eigenvalue weighted by atomic mass is 10.0. The maximum absolute atomic E-state index is 11.9. The number of carbonyl (C=O) groups is 3. The molecule has 0 saturated carbocycles. The molecule has 1 rings (SSSR count). The monoisotopic (exact) mass is 286 g/mol. The summed E-state index contributed by atoms with van der Waals surface area (Å²) >= 11 is 0. The maximum atomic E-state index is 11.9. The number of hydrogen-bond acceptors (Lipinski definition) is 5. The van der Waals surface area contributed by atoms with Gasteiger partial charge >= 0.3 is 6.09 Å². The van der Waals surface area contributed by atoms with E-state index in [9.17, 15) is 19.5 Å². The first kappa shape index (κ1) is 16.4. The molecule has 0 aliphatic carbocycles. The Morgan fingerprint density at radius 1 is 1.30 bits per heavy atom. The van der Waals surface area contributed by atoms with Crippen molar-refractivity contribution in [3.8, 4) is 0 Å². The molecule has 0 spiro atoms. The van der Waals surface area contributed by atoms with E-state index in [1.165, 1.54) is 11.8 Å². The van der Waals surface area contributed by atoms with Crippen LogP contribution in [0.25, 0.3) is 0 Å². The highest BCUT2D eigenvalue weighted by Crippen LogP contribution is 2.17. The topological polar surface area (TPSA) is 95.9 Å². The number of carbonyl (C=O) groups excluding carboxylic acids is 3. The van der Waals surface area contributed by atoms with E-state index in [1.807, 2.05) is 0 Å². The molecule has 0 bridgehead atoms. The van der Waals surface area contributed by atoms with E-state index in [0.29, 0.717) is 0 Å². The van der Waals surface area contributed by atoms with Crippen LogP contribution < -0.4 is 5.32 Å². The van der Waals surface area contributed by atoms with Gasteiger partial charge in [-0.15, -0.1) is 0 Å². The van der Waals surface area contributed by atoms with Crippen LogP contribution in [0.1, 0.15) is 27.7 Å². The van der Waals surface area contributed by atoms with Crippen molar-refractivity contribution in [2.45, 2.75) is 39.4 Å². The summed E-state index contributed by atoms with van der Waals surface area (Å²) in [5.41, 5.74) is -0.628. The number of β-amino-alcohol motifs (C(OH)–C–C–N with tert-alkyl or cyclic N) is 1. The Balaban J connectivity index is 2.41. The maximum Gasteiger partial charge on any atom is 0.408 e. The highest BCUT2D eigenvalue weighted by atomic mass is 16.6. The zero-order chi connectivity index (χ0) is 15.5. The molecule has 0 aromatic carbocycles. The molecule has 1 fully saturated rings. The van der Waals surface area contributed by atoms with Gasteiger partial charge in [0.1, 0.15) is 17.9 Å². The molecule has 0 aromatic heterocycles. The van der Waals surface area contributed by atoms with E-state index < -0.39 is 23.7 Å². The first-order valence-corrected chi connectivity index (χ1v) is 6.53. The molecule has 1 saturated heterocycles. The third kappa shape index (κ3) is 4.80. The lowest BCUT2D eigenvalue weighted by molar-refractivity contribution is -0.129. The molecular formula is C13H22N2O5. The highest BCUT2D eigenvalue weighted by Gasteiger charge is 2.36. The first-order valence-electron chi connectivity index (χ1n) is 6.53. The first-order chi connectivity index (χ1) is 9.10. The van der Waals surface area contributed by atoms with E-state index in [-0.39, 0.29) is 31.3 Å². The molecular weight excluding hydrogens is 264 g/mol. The van der Waals surface area contributed by atoms with E-state index in [4.69, 9.17) is 4.74 Å². The normalized spacial score (nSPS) is 22.6. The van der Waals surface area contributed by atoms with E-state index >= 15 is 0 Å². The molecule has 1 aliphatic heterocycles. The lowest BCUT2D eigenvalue weighted by Gasteiger charge is -2.20. The number of likely N-dealkylation sites (tertiary alicyclic amines) is 1. The molecule has 7 nitrogen and oxygen atoms in total. The summed E-state index contributed by atoms with van der Waals surface area (Å²) in [6, 6.07) is 0. The van der Waals surface area contributed by atoms with Gasteiger partial charge in [-0.2, -0.15) is 0 Å². The van der Waals surface area contributed by atoms with Gasteiger partial charge in [-0.05, 0) is 27.7 Å². The van der Waals surface area contributed by atoms with Gasteiger partial charge < -0.3 is 20.1 Å². The number of rotatable bonds is 3. The Labute approximate surface area is 118 Å². The lowest BCUT2D eigenvalue weighted by Crippen LogP contribution is -2.41. The van der Waals surface area contributed by atoms with Crippen LogP contribution in [0.15, 0.2) is 0 Å². The second-order valence-corrected chi connectivity index (χ2v) is 5.94. The Bertz CT molecular complexity index is 402. The van der Waals surface area contributed by atoms with Gasteiger partial charge in [0.15, 0.2) is 0 Å². The largest absolute Gasteiger partial charge is 0.444 e. The number of hydrogen-bond donors (Lipinski definition) is 2. The molecule has 1 aliphatic rings. The molecule has 0 radical (unpaired) electrons. The predicted octanol–water partition coefficient (Wildman–Crippen LogP) is -0.0806. The van der Waals surface area contributed by atoms with Crippen molar-refractivity contribution in [2.75, 3.05) is 19.6 Å². The van der Waals surface area contributed by atoms with Crippen LogP contribution in [0.4, 0.5) is 4.79 Å². The number of aliphatic hydroxyl groups excluding tert-OH is 1. The fraction of sp³-hybridized carbons (Fsp3) is 0.769. The van der Waals surface area contributed by atoms with Crippen LogP contribution in [0.3, 0.4) is 0 Å². The number of nitrogens with one attached hydrogen (secondary N) is 1. The Morgan fingerprint density at radius 2 is 1.90 bits per heavy atom. The molecule has 114 valence electrons. The van der Waals surface area contributed by atoms with Crippen molar-refractivity contribution in [2.24, 2.45) is 5.92 Å². The number of aliphatic hydroxyl groups is 1. The quantitative estimate of drug-likeness (QED) is 0.756. The molecule has 7 heteroatoms. The number of Topliss-reactive ketones (excluding diaryl/α,β-unsaturated/α-hetero) is 1. The van der Waals surface area contributed by atoms with Crippen molar-refractivity contribution in [1.29, 1.82) is 0 Å². The van der Waals surface area contributed by atoms with E-state index in [1.54, 1.807) is 20.8 Å². The van der Waals surface area contributed by atoms with Gasteiger partial charge in [-0.25, -0.2) is 4.79 Å². The summed E-state index contributed by atoms with van der Waals surface area (Å²) in [6.45, 7) is 6.64. The Morgan fingerprint density at radius 3 is 2.35 bits per heavy atom. The minimum atomic E-state index is -0.835. The number of nitrogens with zero attached hydrogens (tertiary/aromatic N) is 1. The zero-order valence-corrected chi connectivity index (χ0v) is 12.3. The third-order valence-corrected chi connectivity index (χ3v) is 2.95. The average molecular weight is 286 g/mol. The molecule has 2 amide bonds. The van der Waals surface area contributed by atoms with E-state index in [0.717, 1.165) is 0 Å². The smallest absolute Gasteiger partial charge is 0.408 e. The second-order valence-electron chi connectivity index (χ2n) is 5.94. The van der Waals surface area contributed by atoms with Gasteiger partial charge in [-0.1, -0.05) is 0 Å². The van der Waals surface area contributed by atoms with Gasteiger partial charge in [0.25, 0.3) is 0 Å². The fourth-order valence-corrected chi connectivity index (χ4v) is 1.96. The molecule has 0 aromatic rings. The summed E-state index contributed by atoms with van der Waals surface area (Å²) < 4.78 is 5.01. The van der Waals surface area contributed by atoms with Gasteiger partial charge in [0.2, 0.25) is 5.91 Å². The molecule has 20 heavy (non-hydrogen) atoms. The molecule has 2 N–H and O–H groups in total. The van der Waals surface area contributed by atoms with Crippen molar-refractivity contribution < 1.29 is 24.2 Å². The minimum absolute atomic E-state index is 0.110. The molecule has 0 unspecified atom stereocenters. The van der Waals surface area contributed by atoms with Crippen LogP contribution in [0.5, 0.6) is 0 Å². The predicted molar refractivity (Wildman–Crippen MR) is 71.0 cm³/mol. The highest BCUT2D eigenvalue weighted by molar-refractivity contribution is 5.85. The molecule has 1 heterocycles. The fourth-order valence-electron chi connectivity index (χ4n) is 1.96. The zero-order valence-electron chi connectivity index (χ0n) is 12.3. The van der Waals surface area contributed by atoms with Crippen molar-refractivity contribution in [3.63, 3.8) is 0 Å². The summed E-state index contributed by atoms with van der Waals surface area (Å²) in [5, 5.41) is 12.0. The van der Waals surface area contributed by atoms with Gasteiger partial charge in [0.05, 0.1) is 12.0 Å². The van der Waals surface area contributed by atoms with Gasteiger partial charge in [-0.3, -0.25) is 9.59 Å². The van der Waals surface area contributed by atoms with Crippen LogP contribution in [0.2, 0.25) is 0 Å². The third-order valence-electron chi connectivity index (χ3n) is 2.95. The summed E-state index contributed by atoms with van der Waals surface area (Å²) in [6.07, 6.45) is -1.51. The minimum Gasteiger partial charge on any atom is -0.444 e. The average Bonchev–Trinajstić information content (AvgIpc) is 2.66.